The molecule has 0 aliphatic carbocycles. The van der Waals surface area contributed by atoms with Gasteiger partial charge >= 0.3 is 12.1 Å². The van der Waals surface area contributed by atoms with Gasteiger partial charge in [-0.1, -0.05) is 5.16 Å². The maximum Gasteiger partial charge on any atom is 0.511 e. The maximum absolute atomic E-state index is 13.0. The summed E-state index contributed by atoms with van der Waals surface area (Å²) in [6, 6.07) is -1.18. The van der Waals surface area contributed by atoms with E-state index in [1.165, 1.54) is 25.8 Å². The minimum Gasteiger partial charge on any atom is -0.435 e. The van der Waals surface area contributed by atoms with E-state index >= 15 is 0 Å². The number of ketones is 1. The first kappa shape index (κ1) is 31.0. The molecule has 2 amide bonds. The number of carbonyl (C=O) groups is 5. The van der Waals surface area contributed by atoms with Crippen molar-refractivity contribution in [3.63, 3.8) is 0 Å². The molecule has 2 heterocycles. The van der Waals surface area contributed by atoms with Gasteiger partial charge in [-0.3, -0.25) is 23.5 Å². The summed E-state index contributed by atoms with van der Waals surface area (Å²) < 4.78 is 46.4. The van der Waals surface area contributed by atoms with Gasteiger partial charge in [0.1, 0.15) is 30.8 Å². The molecule has 2 unspecified atom stereocenters. The highest BCUT2D eigenvalue weighted by molar-refractivity contribution is 8.00. The summed E-state index contributed by atoms with van der Waals surface area (Å²) in [5.41, 5.74) is -0.563. The van der Waals surface area contributed by atoms with Gasteiger partial charge in [0.2, 0.25) is 17.8 Å². The Hall–Kier alpha value is -3.22. The summed E-state index contributed by atoms with van der Waals surface area (Å²) >= 11 is 1.20. The standard InChI is InChI=1S/C20H27N3O13S2/c1-6-33-20(28)36-10(2)35-19(27)15-11(7-31-3)9-37-18-14(17(26)23(15)18)21-16(25)13(22-32-4)12(24)8-34-38(5,29)30/h10,14,18H,6-9H2,1-5H3,(H,21,25)/b22-13-/t10?,14?,18-/m1/s1. The van der Waals surface area contributed by atoms with Crippen LogP contribution in [-0.4, -0.2) is 113 Å². The average Bonchev–Trinajstić information content (AvgIpc) is 2.83. The lowest BCUT2D eigenvalue weighted by molar-refractivity contribution is -0.169. The van der Waals surface area contributed by atoms with Crippen molar-refractivity contribution in [1.29, 1.82) is 0 Å². The second kappa shape index (κ2) is 13.5. The predicted molar refractivity (Wildman–Crippen MR) is 128 cm³/mol. The van der Waals surface area contributed by atoms with Crippen molar-refractivity contribution >= 4 is 57.3 Å². The van der Waals surface area contributed by atoms with Crippen LogP contribution in [0.4, 0.5) is 4.79 Å². The first-order chi connectivity index (χ1) is 17.8. The van der Waals surface area contributed by atoms with Gasteiger partial charge in [-0.2, -0.15) is 8.42 Å². The third kappa shape index (κ3) is 7.89. The molecular weight excluding hydrogens is 554 g/mol. The Morgan fingerprint density at radius 1 is 1.21 bits per heavy atom. The van der Waals surface area contributed by atoms with Crippen LogP contribution in [0.1, 0.15) is 13.8 Å². The zero-order chi connectivity index (χ0) is 28.6. The lowest BCUT2D eigenvalue weighted by Crippen LogP contribution is -2.71. The maximum atomic E-state index is 13.0. The lowest BCUT2D eigenvalue weighted by atomic mass is 10.0. The topological polar surface area (TPSA) is 202 Å². The van der Waals surface area contributed by atoms with E-state index in [4.69, 9.17) is 14.2 Å². The highest BCUT2D eigenvalue weighted by atomic mass is 32.2. The number of carbonyl (C=O) groups excluding carboxylic acids is 5. The molecule has 1 fully saturated rings. The number of hydrogen-bond acceptors (Lipinski definition) is 15. The van der Waals surface area contributed by atoms with Crippen LogP contribution in [0.2, 0.25) is 0 Å². The van der Waals surface area contributed by atoms with E-state index in [-0.39, 0.29) is 24.7 Å². The molecular formula is C20H27N3O13S2. The van der Waals surface area contributed by atoms with E-state index in [0.29, 0.717) is 11.8 Å². The minimum absolute atomic E-state index is 0.0163. The van der Waals surface area contributed by atoms with Crippen molar-refractivity contribution < 1.29 is 60.4 Å². The summed E-state index contributed by atoms with van der Waals surface area (Å²) in [5, 5.41) is 4.87. The summed E-state index contributed by atoms with van der Waals surface area (Å²) in [6.45, 7) is 1.86. The van der Waals surface area contributed by atoms with Gasteiger partial charge in [0.05, 0.1) is 19.5 Å². The number of oxime groups is 1. The number of ether oxygens (including phenoxy) is 4. The minimum atomic E-state index is -3.98. The van der Waals surface area contributed by atoms with Crippen molar-refractivity contribution in [3.05, 3.63) is 11.3 Å². The molecule has 1 saturated heterocycles. The molecule has 0 aromatic heterocycles. The number of esters is 1. The van der Waals surface area contributed by atoms with Gasteiger partial charge in [-0.05, 0) is 12.5 Å². The van der Waals surface area contributed by atoms with Crippen molar-refractivity contribution in [3.8, 4) is 0 Å². The van der Waals surface area contributed by atoms with E-state index in [2.05, 4.69) is 24.2 Å². The van der Waals surface area contributed by atoms with Crippen LogP contribution in [0.3, 0.4) is 0 Å². The lowest BCUT2D eigenvalue weighted by Gasteiger charge is -2.49. The Labute approximate surface area is 222 Å². The highest BCUT2D eigenvalue weighted by Crippen LogP contribution is 2.40. The Bertz CT molecular complexity index is 1130. The SMILES string of the molecule is CCOC(=O)OC(C)OC(=O)C1=C(COC)CS[C@@H]2C(NC(=O)/C(=N\OC)C(=O)COS(C)(=O)=O)C(=O)N12. The number of Topliss-reactive ketones (excluding diaryl/α,β-unsaturated/α-hetero) is 1. The van der Waals surface area contributed by atoms with Crippen molar-refractivity contribution in [1.82, 2.24) is 10.2 Å². The third-order valence-corrected chi connectivity index (χ3v) is 6.59. The van der Waals surface area contributed by atoms with Crippen LogP contribution >= 0.6 is 11.8 Å². The molecule has 0 aromatic rings. The molecule has 16 nitrogen and oxygen atoms in total. The van der Waals surface area contributed by atoms with Crippen LogP contribution < -0.4 is 5.32 Å². The van der Waals surface area contributed by atoms with Crippen LogP contribution in [0, 0.1) is 0 Å². The number of amides is 2. The average molecular weight is 582 g/mol. The second-order valence-corrected chi connectivity index (χ2v) is 10.3. The van der Waals surface area contributed by atoms with Gasteiger partial charge in [-0.25, -0.2) is 9.59 Å². The summed E-state index contributed by atoms with van der Waals surface area (Å²) in [6.07, 6.45) is -1.68. The van der Waals surface area contributed by atoms with E-state index < -0.39 is 69.9 Å². The van der Waals surface area contributed by atoms with Crippen LogP contribution in [0.5, 0.6) is 0 Å². The van der Waals surface area contributed by atoms with E-state index in [9.17, 15) is 32.4 Å². The van der Waals surface area contributed by atoms with Gasteiger partial charge in [-0.15, -0.1) is 11.8 Å². The van der Waals surface area contributed by atoms with Crippen LogP contribution in [-0.2, 0) is 57.3 Å². The fraction of sp³-hybridized carbons (Fsp3) is 0.600. The Morgan fingerprint density at radius 3 is 2.47 bits per heavy atom. The molecule has 3 atom stereocenters. The number of hydrogen-bond donors (Lipinski definition) is 1. The molecule has 0 spiro atoms. The monoisotopic (exact) mass is 581 g/mol. The predicted octanol–water partition coefficient (Wildman–Crippen LogP) is -1.10. The van der Waals surface area contributed by atoms with E-state index in [1.807, 2.05) is 0 Å². The van der Waals surface area contributed by atoms with Gasteiger partial charge in [0.25, 0.3) is 21.9 Å². The normalized spacial score (nSPS) is 20.1. The van der Waals surface area contributed by atoms with Gasteiger partial charge < -0.3 is 29.1 Å². The molecule has 38 heavy (non-hydrogen) atoms. The quantitative estimate of drug-likeness (QED) is 0.0522. The number of thioether (sulfide) groups is 1. The molecule has 2 aliphatic rings. The van der Waals surface area contributed by atoms with Crippen LogP contribution in [0.15, 0.2) is 16.4 Å². The molecule has 0 saturated carbocycles. The molecule has 1 N–H and O–H groups in total. The smallest absolute Gasteiger partial charge is 0.435 e. The van der Waals surface area contributed by atoms with Gasteiger partial charge in [0, 0.05) is 19.8 Å². The number of β-lactam (4-membered cyclic amide) rings is 1. The zero-order valence-electron chi connectivity index (χ0n) is 21.1. The van der Waals surface area contributed by atoms with Crippen molar-refractivity contribution in [2.75, 3.05) is 46.0 Å². The summed E-state index contributed by atoms with van der Waals surface area (Å²) in [4.78, 5) is 68.0. The Balaban J connectivity index is 2.17. The Morgan fingerprint density at radius 2 is 1.89 bits per heavy atom. The number of fused-ring (bicyclic) bond motifs is 1. The number of rotatable bonds is 13. The zero-order valence-corrected chi connectivity index (χ0v) is 22.7. The summed E-state index contributed by atoms with van der Waals surface area (Å²) in [7, 11) is -1.54. The molecule has 0 radical (unpaired) electrons. The second-order valence-electron chi connectivity index (χ2n) is 7.53. The Kier molecular flexibility index (Phi) is 11.0. The molecule has 18 heteroatoms. The van der Waals surface area contributed by atoms with E-state index in [1.54, 1.807) is 6.92 Å². The molecule has 2 aliphatic heterocycles. The van der Waals surface area contributed by atoms with Crippen molar-refractivity contribution in [2.45, 2.75) is 31.6 Å². The largest absolute Gasteiger partial charge is 0.511 e. The van der Waals surface area contributed by atoms with Crippen LogP contribution in [0.25, 0.3) is 0 Å². The number of nitrogens with zero attached hydrogens (tertiary/aromatic N) is 2. The third-order valence-electron chi connectivity index (χ3n) is 4.71. The molecule has 0 aromatic carbocycles. The highest BCUT2D eigenvalue weighted by Gasteiger charge is 2.55. The summed E-state index contributed by atoms with van der Waals surface area (Å²) in [5.74, 6) is -3.72. The van der Waals surface area contributed by atoms with Gasteiger partial charge in [0.15, 0.2) is 0 Å². The first-order valence-electron chi connectivity index (χ1n) is 10.8. The molecule has 2 rings (SSSR count). The number of methoxy groups -OCH3 is 1. The molecule has 212 valence electrons. The fourth-order valence-electron chi connectivity index (χ4n) is 3.22. The first-order valence-corrected chi connectivity index (χ1v) is 13.7. The fourth-order valence-corrected chi connectivity index (χ4v) is 4.87. The van der Waals surface area contributed by atoms with Crippen molar-refractivity contribution in [2.24, 2.45) is 5.16 Å². The van der Waals surface area contributed by atoms with E-state index in [0.717, 1.165) is 12.0 Å². The molecule has 0 bridgehead atoms. The number of nitrogens with one attached hydrogen (secondary N) is 1.